The summed E-state index contributed by atoms with van der Waals surface area (Å²) in [5.41, 5.74) is 11.9. The van der Waals surface area contributed by atoms with Crippen molar-refractivity contribution in [2.75, 3.05) is 12.3 Å². The first-order valence-electron chi connectivity index (χ1n) is 6.02. The number of anilines is 1. The molecule has 0 saturated carbocycles. The molecule has 108 valence electrons. The van der Waals surface area contributed by atoms with E-state index in [2.05, 4.69) is 32.6 Å². The van der Waals surface area contributed by atoms with Gasteiger partial charge in [0.15, 0.2) is 6.23 Å². The lowest BCUT2D eigenvalue weighted by Gasteiger charge is -2.17. The number of ether oxygens (including phenoxy) is 1. The van der Waals surface area contributed by atoms with Crippen LogP contribution >= 0.6 is 22.6 Å². The number of nitrogens with zero attached hydrogens (tertiary/aromatic N) is 3. The molecule has 3 heterocycles. The molecule has 20 heavy (non-hydrogen) atoms. The molecule has 0 amide bonds. The first-order chi connectivity index (χ1) is 9.54. The van der Waals surface area contributed by atoms with E-state index in [-0.39, 0.29) is 6.54 Å². The van der Waals surface area contributed by atoms with Gasteiger partial charge in [0.2, 0.25) is 0 Å². The molecule has 0 radical (unpaired) electrons. The van der Waals surface area contributed by atoms with Crippen molar-refractivity contribution in [2.24, 2.45) is 5.73 Å². The molecule has 0 spiro atoms. The van der Waals surface area contributed by atoms with Crippen LogP contribution in [-0.4, -0.2) is 49.6 Å². The van der Waals surface area contributed by atoms with Gasteiger partial charge >= 0.3 is 0 Å². The zero-order valence-corrected chi connectivity index (χ0v) is 12.5. The molecule has 0 aliphatic carbocycles. The van der Waals surface area contributed by atoms with Crippen molar-refractivity contribution in [3.05, 3.63) is 16.1 Å². The Kier molecular flexibility index (Phi) is 3.54. The first kappa shape index (κ1) is 13.9. The maximum Gasteiger partial charge on any atom is 0.164 e. The highest BCUT2D eigenvalue weighted by atomic mass is 127. The number of nitrogen functional groups attached to an aromatic ring is 1. The van der Waals surface area contributed by atoms with Gasteiger partial charge in [0.05, 0.1) is 5.39 Å². The van der Waals surface area contributed by atoms with Gasteiger partial charge in [-0.3, -0.25) is 0 Å². The molecule has 4 atom stereocenters. The molecular weight excluding hydrogens is 377 g/mol. The van der Waals surface area contributed by atoms with Crippen LogP contribution in [0, 0.1) is 3.57 Å². The monoisotopic (exact) mass is 391 g/mol. The molecule has 1 saturated heterocycles. The lowest BCUT2D eigenvalue weighted by Crippen LogP contribution is -2.35. The summed E-state index contributed by atoms with van der Waals surface area (Å²) in [6, 6.07) is 0. The van der Waals surface area contributed by atoms with E-state index in [1.54, 1.807) is 10.8 Å². The van der Waals surface area contributed by atoms with Crippen LogP contribution in [0.4, 0.5) is 5.82 Å². The zero-order chi connectivity index (χ0) is 14.4. The van der Waals surface area contributed by atoms with Crippen LogP contribution in [0.2, 0.25) is 0 Å². The van der Waals surface area contributed by atoms with Crippen molar-refractivity contribution in [3.63, 3.8) is 0 Å². The van der Waals surface area contributed by atoms with Crippen LogP contribution in [-0.2, 0) is 4.74 Å². The second kappa shape index (κ2) is 5.07. The van der Waals surface area contributed by atoms with Crippen molar-refractivity contribution in [1.29, 1.82) is 0 Å². The third-order valence-electron chi connectivity index (χ3n) is 3.44. The lowest BCUT2D eigenvalue weighted by atomic mass is 10.1. The highest BCUT2D eigenvalue weighted by Crippen LogP contribution is 2.34. The quantitative estimate of drug-likeness (QED) is 0.493. The molecule has 1 aliphatic rings. The second-order valence-corrected chi connectivity index (χ2v) is 5.79. The normalized spacial score (nSPS) is 30.2. The molecule has 3 rings (SSSR count). The minimum Gasteiger partial charge on any atom is -0.387 e. The number of aromatic nitrogens is 3. The standard InChI is InChI=1S/C11H14IN5O3/c12-4-2-17(10-6(4)9(14)15-3-16-10)11-8(19)7(18)5(1-13)20-11/h2-3,5,7-8,11,18-19H,1,13H2,(H2,14,15,16). The highest BCUT2D eigenvalue weighted by Gasteiger charge is 2.43. The van der Waals surface area contributed by atoms with Crippen molar-refractivity contribution in [1.82, 2.24) is 14.5 Å². The van der Waals surface area contributed by atoms with Crippen molar-refractivity contribution < 1.29 is 14.9 Å². The Bertz CT molecular complexity index is 648. The van der Waals surface area contributed by atoms with Crippen LogP contribution in [0.5, 0.6) is 0 Å². The van der Waals surface area contributed by atoms with Gasteiger partial charge in [0.1, 0.15) is 36.1 Å². The number of nitrogens with two attached hydrogens (primary N) is 2. The summed E-state index contributed by atoms with van der Waals surface area (Å²) in [5, 5.41) is 20.7. The number of hydrogen-bond acceptors (Lipinski definition) is 7. The van der Waals surface area contributed by atoms with Gasteiger partial charge in [-0.1, -0.05) is 0 Å². The van der Waals surface area contributed by atoms with E-state index < -0.39 is 24.5 Å². The minimum atomic E-state index is -1.08. The number of rotatable bonds is 2. The number of fused-ring (bicyclic) bond motifs is 1. The maximum atomic E-state index is 10.1. The Morgan fingerprint density at radius 2 is 2.10 bits per heavy atom. The lowest BCUT2D eigenvalue weighted by molar-refractivity contribution is -0.0319. The summed E-state index contributed by atoms with van der Waals surface area (Å²) in [4.78, 5) is 8.13. The smallest absolute Gasteiger partial charge is 0.164 e. The molecular formula is C11H14IN5O3. The third kappa shape index (κ3) is 1.97. The van der Waals surface area contributed by atoms with Crippen LogP contribution in [0.25, 0.3) is 11.0 Å². The molecule has 4 unspecified atom stereocenters. The van der Waals surface area contributed by atoms with E-state index >= 15 is 0 Å². The van der Waals surface area contributed by atoms with E-state index in [4.69, 9.17) is 16.2 Å². The molecule has 8 nitrogen and oxygen atoms in total. The molecule has 6 N–H and O–H groups in total. The fraction of sp³-hybridized carbons (Fsp3) is 0.455. The number of aliphatic hydroxyl groups excluding tert-OH is 2. The zero-order valence-electron chi connectivity index (χ0n) is 10.3. The largest absolute Gasteiger partial charge is 0.387 e. The maximum absolute atomic E-state index is 10.1. The Balaban J connectivity index is 2.10. The average Bonchev–Trinajstić information content (AvgIpc) is 2.90. The van der Waals surface area contributed by atoms with Crippen LogP contribution < -0.4 is 11.5 Å². The van der Waals surface area contributed by atoms with Crippen molar-refractivity contribution in [2.45, 2.75) is 24.5 Å². The van der Waals surface area contributed by atoms with Gasteiger partial charge in [-0.2, -0.15) is 0 Å². The summed E-state index contributed by atoms with van der Waals surface area (Å²) >= 11 is 2.11. The predicted molar refractivity (Wildman–Crippen MR) is 79.6 cm³/mol. The van der Waals surface area contributed by atoms with Crippen LogP contribution in [0.3, 0.4) is 0 Å². The van der Waals surface area contributed by atoms with E-state index in [0.717, 1.165) is 3.57 Å². The third-order valence-corrected chi connectivity index (χ3v) is 4.25. The highest BCUT2D eigenvalue weighted by molar-refractivity contribution is 14.1. The number of hydrogen-bond donors (Lipinski definition) is 4. The van der Waals surface area contributed by atoms with Gasteiger partial charge in [-0.25, -0.2) is 9.97 Å². The summed E-state index contributed by atoms with van der Waals surface area (Å²) in [5.74, 6) is 0.363. The SMILES string of the molecule is NCC1OC(n2cc(I)c3c(N)ncnc32)C(O)C1O. The van der Waals surface area contributed by atoms with E-state index in [9.17, 15) is 10.2 Å². The molecule has 1 fully saturated rings. The number of aliphatic hydroxyl groups is 2. The fourth-order valence-electron chi connectivity index (χ4n) is 2.41. The minimum absolute atomic E-state index is 0.127. The van der Waals surface area contributed by atoms with Gasteiger partial charge in [0, 0.05) is 16.3 Å². The van der Waals surface area contributed by atoms with Gasteiger partial charge in [-0.15, -0.1) is 0 Å². The van der Waals surface area contributed by atoms with Gasteiger partial charge < -0.3 is 31.0 Å². The summed E-state index contributed by atoms with van der Waals surface area (Å²) < 4.78 is 8.11. The first-order valence-corrected chi connectivity index (χ1v) is 7.10. The van der Waals surface area contributed by atoms with E-state index in [1.807, 2.05) is 0 Å². The van der Waals surface area contributed by atoms with Crippen LogP contribution in [0.15, 0.2) is 12.5 Å². The van der Waals surface area contributed by atoms with Gasteiger partial charge in [-0.05, 0) is 22.6 Å². The summed E-state index contributed by atoms with van der Waals surface area (Å²) in [7, 11) is 0. The Labute approximate surface area is 127 Å². The molecule has 0 bridgehead atoms. The number of halogens is 1. The van der Waals surface area contributed by atoms with Crippen molar-refractivity contribution in [3.8, 4) is 0 Å². The van der Waals surface area contributed by atoms with Crippen molar-refractivity contribution >= 4 is 39.4 Å². The van der Waals surface area contributed by atoms with Gasteiger partial charge in [0.25, 0.3) is 0 Å². The van der Waals surface area contributed by atoms with E-state index in [1.165, 1.54) is 6.33 Å². The Morgan fingerprint density at radius 3 is 2.75 bits per heavy atom. The summed E-state index contributed by atoms with van der Waals surface area (Å²) in [6.45, 7) is 0.127. The topological polar surface area (TPSA) is 132 Å². The molecule has 2 aromatic heterocycles. The molecule has 2 aromatic rings. The summed E-state index contributed by atoms with van der Waals surface area (Å²) in [6.07, 6.45) is -0.355. The van der Waals surface area contributed by atoms with Crippen LogP contribution in [0.1, 0.15) is 6.23 Å². The molecule has 9 heteroatoms. The molecule has 1 aliphatic heterocycles. The fourth-order valence-corrected chi connectivity index (χ4v) is 3.23. The molecule has 0 aromatic carbocycles. The second-order valence-electron chi connectivity index (χ2n) is 4.62. The Hall–Kier alpha value is -1.01. The average molecular weight is 391 g/mol. The van der Waals surface area contributed by atoms with E-state index in [0.29, 0.717) is 16.9 Å². The predicted octanol–water partition coefficient (Wildman–Crippen LogP) is -0.804. The Morgan fingerprint density at radius 1 is 1.35 bits per heavy atom.